The van der Waals surface area contributed by atoms with E-state index in [0.717, 1.165) is 44.1 Å². The van der Waals surface area contributed by atoms with E-state index in [-0.39, 0.29) is 36.4 Å². The molecule has 0 bridgehead atoms. The van der Waals surface area contributed by atoms with E-state index in [4.69, 9.17) is 9.47 Å². The maximum atomic E-state index is 12.5. The highest BCUT2D eigenvalue weighted by molar-refractivity contribution is 8.77. The molecular formula is C28H42O6S2. The number of rotatable bonds is 9. The Morgan fingerprint density at radius 2 is 2.08 bits per heavy atom. The van der Waals surface area contributed by atoms with Gasteiger partial charge < -0.3 is 19.7 Å². The van der Waals surface area contributed by atoms with Crippen molar-refractivity contribution in [3.63, 3.8) is 0 Å². The molecule has 6 nitrogen and oxygen atoms in total. The highest BCUT2D eigenvalue weighted by Gasteiger charge is 2.57. The van der Waals surface area contributed by atoms with Crippen LogP contribution in [0, 0.1) is 22.7 Å². The monoisotopic (exact) mass is 538 g/mol. The van der Waals surface area contributed by atoms with Gasteiger partial charge in [0, 0.05) is 22.8 Å². The number of carbonyl (C=O) groups is 2. The van der Waals surface area contributed by atoms with Gasteiger partial charge >= 0.3 is 11.9 Å². The van der Waals surface area contributed by atoms with Crippen LogP contribution in [0.15, 0.2) is 23.8 Å². The summed E-state index contributed by atoms with van der Waals surface area (Å²) >= 11 is 0. The number of carbonyl (C=O) groups excluding carboxylic acids is 2. The van der Waals surface area contributed by atoms with Crippen LogP contribution in [-0.4, -0.2) is 58.6 Å². The summed E-state index contributed by atoms with van der Waals surface area (Å²) in [6, 6.07) is 0. The molecule has 0 spiro atoms. The molecule has 0 aromatic heterocycles. The van der Waals surface area contributed by atoms with Crippen LogP contribution >= 0.6 is 21.6 Å². The molecule has 2 N–H and O–H groups in total. The predicted octanol–water partition coefficient (Wildman–Crippen LogP) is 5.23. The first kappa shape index (κ1) is 28.1. The Morgan fingerprint density at radius 1 is 1.28 bits per heavy atom. The third kappa shape index (κ3) is 5.71. The minimum absolute atomic E-state index is 0.0441. The van der Waals surface area contributed by atoms with Crippen molar-refractivity contribution in [3.05, 3.63) is 23.8 Å². The normalized spacial score (nSPS) is 39.8. The SMILES string of the molecule is C=C1CCC2[C@](C)(CO)[C@H](O)CC[C@@]2(C)[C@@H]1CC=C1C(=O)OCC1OC(=O)CCCCC1CCSS1. The lowest BCUT2D eigenvalue weighted by atomic mass is 9.46. The number of allylic oxidation sites excluding steroid dienone is 2. The minimum Gasteiger partial charge on any atom is -0.458 e. The molecule has 3 unspecified atom stereocenters. The Morgan fingerprint density at radius 3 is 2.81 bits per heavy atom. The fourth-order valence-corrected chi connectivity index (χ4v) is 10.1. The maximum Gasteiger partial charge on any atom is 0.337 e. The number of esters is 2. The number of ether oxygens (including phenoxy) is 2. The average molecular weight is 539 g/mol. The number of fused-ring (bicyclic) bond motifs is 1. The zero-order chi connectivity index (χ0) is 25.9. The summed E-state index contributed by atoms with van der Waals surface area (Å²) in [5, 5.41) is 21.6. The molecular weight excluding hydrogens is 496 g/mol. The van der Waals surface area contributed by atoms with E-state index in [0.29, 0.717) is 30.1 Å². The summed E-state index contributed by atoms with van der Waals surface area (Å²) < 4.78 is 10.9. The van der Waals surface area contributed by atoms with Crippen molar-refractivity contribution in [3.8, 4) is 0 Å². The van der Waals surface area contributed by atoms with Gasteiger partial charge in [0.05, 0.1) is 18.3 Å². The van der Waals surface area contributed by atoms with Crippen molar-refractivity contribution in [2.45, 2.75) is 95.5 Å². The Balaban J connectivity index is 1.37. The van der Waals surface area contributed by atoms with Gasteiger partial charge in [-0.3, -0.25) is 4.79 Å². The van der Waals surface area contributed by atoms with Crippen molar-refractivity contribution in [2.75, 3.05) is 19.0 Å². The molecule has 4 fully saturated rings. The number of hydrogen-bond acceptors (Lipinski definition) is 8. The standard InChI is InChI=1S/C28H42O6S2/c1-18-8-11-23-27(2,14-12-24(30)28(23,3)17-29)21(18)10-9-20-22(16-33-26(20)32)34-25(31)7-5-4-6-19-13-15-35-36-19/h9,19,21-24,29-30H,1,4-8,10-17H2,2-3H3/t19?,21-,22?,23?,24-,27+,28+/m1/s1. The third-order valence-corrected chi connectivity index (χ3v) is 12.4. The van der Waals surface area contributed by atoms with Crippen LogP contribution in [0.2, 0.25) is 0 Å². The molecule has 7 atom stereocenters. The summed E-state index contributed by atoms with van der Waals surface area (Å²) in [6.07, 6.45) is 9.15. The first-order valence-electron chi connectivity index (χ1n) is 13.5. The zero-order valence-electron chi connectivity index (χ0n) is 21.7. The molecule has 2 heterocycles. The van der Waals surface area contributed by atoms with Gasteiger partial charge in [0.15, 0.2) is 6.10 Å². The first-order valence-corrected chi connectivity index (χ1v) is 15.9. The third-order valence-electron chi connectivity index (χ3n) is 9.37. The molecule has 2 saturated carbocycles. The van der Waals surface area contributed by atoms with Gasteiger partial charge in [0.1, 0.15) is 6.61 Å². The van der Waals surface area contributed by atoms with Gasteiger partial charge in [-0.2, -0.15) is 0 Å². The molecule has 36 heavy (non-hydrogen) atoms. The quantitative estimate of drug-likeness (QED) is 0.136. The van der Waals surface area contributed by atoms with Crippen LogP contribution in [0.1, 0.15) is 78.1 Å². The lowest BCUT2D eigenvalue weighted by Gasteiger charge is -2.59. The second kappa shape index (κ2) is 11.8. The molecule has 4 aliphatic rings. The first-order chi connectivity index (χ1) is 17.2. The number of aliphatic hydroxyl groups excluding tert-OH is 2. The highest BCUT2D eigenvalue weighted by Crippen LogP contribution is 2.61. The average Bonchev–Trinajstić information content (AvgIpc) is 3.49. The van der Waals surface area contributed by atoms with Gasteiger partial charge in [-0.05, 0) is 68.6 Å². The second-order valence-electron chi connectivity index (χ2n) is 11.6. The second-order valence-corrected chi connectivity index (χ2v) is 14.4. The van der Waals surface area contributed by atoms with Crippen LogP contribution < -0.4 is 0 Å². The molecule has 202 valence electrons. The van der Waals surface area contributed by atoms with Crippen LogP contribution in [0.4, 0.5) is 0 Å². The zero-order valence-corrected chi connectivity index (χ0v) is 23.3. The van der Waals surface area contributed by atoms with Gasteiger partial charge in [-0.1, -0.05) is 60.1 Å². The van der Waals surface area contributed by atoms with Crippen molar-refractivity contribution in [2.24, 2.45) is 22.7 Å². The highest BCUT2D eigenvalue weighted by atomic mass is 33.1. The van der Waals surface area contributed by atoms with Crippen LogP contribution in [0.3, 0.4) is 0 Å². The predicted molar refractivity (Wildman–Crippen MR) is 144 cm³/mol. The number of unbranched alkanes of at least 4 members (excludes halogenated alkanes) is 1. The van der Waals surface area contributed by atoms with E-state index in [1.165, 1.54) is 12.2 Å². The summed E-state index contributed by atoms with van der Waals surface area (Å²) in [4.78, 5) is 25.0. The fraction of sp³-hybridized carbons (Fsp3) is 0.786. The number of aliphatic hydroxyl groups is 2. The summed E-state index contributed by atoms with van der Waals surface area (Å²) in [5.74, 6) is 0.827. The van der Waals surface area contributed by atoms with Crippen molar-refractivity contribution in [1.82, 2.24) is 0 Å². The molecule has 0 radical (unpaired) electrons. The number of hydrogen-bond donors (Lipinski definition) is 2. The Bertz CT molecular complexity index is 868. The lowest BCUT2D eigenvalue weighted by molar-refractivity contribution is -0.151. The Kier molecular flexibility index (Phi) is 9.22. The van der Waals surface area contributed by atoms with Crippen LogP contribution in [0.25, 0.3) is 0 Å². The van der Waals surface area contributed by atoms with Gasteiger partial charge in [-0.25, -0.2) is 4.79 Å². The van der Waals surface area contributed by atoms with E-state index < -0.39 is 23.6 Å². The molecule has 0 aromatic carbocycles. The molecule has 8 heteroatoms. The Hall–Kier alpha value is -0.960. The summed E-state index contributed by atoms with van der Waals surface area (Å²) in [5.41, 5.74) is 0.912. The summed E-state index contributed by atoms with van der Waals surface area (Å²) in [7, 11) is 3.90. The van der Waals surface area contributed by atoms with E-state index in [1.54, 1.807) is 0 Å². The van der Waals surface area contributed by atoms with E-state index in [2.05, 4.69) is 13.5 Å². The van der Waals surface area contributed by atoms with E-state index >= 15 is 0 Å². The summed E-state index contributed by atoms with van der Waals surface area (Å²) in [6.45, 7) is 8.65. The minimum atomic E-state index is -0.650. The number of cyclic esters (lactones) is 1. The fourth-order valence-electron chi connectivity index (χ4n) is 7.07. The van der Waals surface area contributed by atoms with Gasteiger partial charge in [0.2, 0.25) is 0 Å². The van der Waals surface area contributed by atoms with Crippen LogP contribution in [-0.2, 0) is 19.1 Å². The molecule has 0 amide bonds. The molecule has 0 aromatic rings. The van der Waals surface area contributed by atoms with Crippen molar-refractivity contribution < 1.29 is 29.3 Å². The smallest absolute Gasteiger partial charge is 0.337 e. The Labute approximate surface area is 223 Å². The van der Waals surface area contributed by atoms with E-state index in [9.17, 15) is 19.8 Å². The molecule has 4 rings (SSSR count). The topological polar surface area (TPSA) is 93.1 Å². The van der Waals surface area contributed by atoms with Crippen LogP contribution in [0.5, 0.6) is 0 Å². The molecule has 2 aliphatic carbocycles. The van der Waals surface area contributed by atoms with E-state index in [1.807, 2.05) is 34.6 Å². The molecule has 2 saturated heterocycles. The van der Waals surface area contributed by atoms with Crippen molar-refractivity contribution in [1.29, 1.82) is 0 Å². The van der Waals surface area contributed by atoms with Crippen molar-refractivity contribution >= 4 is 33.5 Å². The maximum absolute atomic E-state index is 12.5. The largest absolute Gasteiger partial charge is 0.458 e. The van der Waals surface area contributed by atoms with Gasteiger partial charge in [-0.15, -0.1) is 0 Å². The lowest BCUT2D eigenvalue weighted by Crippen LogP contribution is -2.57. The van der Waals surface area contributed by atoms with Gasteiger partial charge in [0.25, 0.3) is 0 Å². The molecule has 2 aliphatic heterocycles.